The molecule has 0 atom stereocenters. The Morgan fingerprint density at radius 1 is 1.71 bits per heavy atom. The predicted octanol–water partition coefficient (Wildman–Crippen LogP) is 0.378. The highest BCUT2D eigenvalue weighted by atomic mass is 32.2. The first-order chi connectivity index (χ1) is 3.30. The molecule has 1 fully saturated rings. The van der Waals surface area contributed by atoms with E-state index in [1.165, 1.54) is 0 Å². The minimum Gasteiger partial charge on any atom is -0.264 e. The van der Waals surface area contributed by atoms with E-state index < -0.39 is 0 Å². The third-order valence-corrected chi connectivity index (χ3v) is 2.16. The summed E-state index contributed by atoms with van der Waals surface area (Å²) >= 11 is 1.63. The van der Waals surface area contributed by atoms with Gasteiger partial charge in [-0.25, -0.2) is 0 Å². The van der Waals surface area contributed by atoms with Gasteiger partial charge in [-0.15, -0.1) is 11.8 Å². The van der Waals surface area contributed by atoms with Gasteiger partial charge in [0.2, 0.25) is 6.04 Å². The van der Waals surface area contributed by atoms with Crippen LogP contribution in [-0.4, -0.2) is 22.5 Å². The molecular formula is C3H5NO2S. The molecule has 4 heteroatoms. The molecule has 0 amide bonds. The third kappa shape index (κ3) is 0.851. The fourth-order valence-electron chi connectivity index (χ4n) is 0.345. The Labute approximate surface area is 45.2 Å². The van der Waals surface area contributed by atoms with Crippen LogP contribution in [-0.2, 0) is 0 Å². The van der Waals surface area contributed by atoms with Gasteiger partial charge in [-0.1, -0.05) is 0 Å². The zero-order valence-corrected chi connectivity index (χ0v) is 4.48. The molecule has 0 unspecified atom stereocenters. The van der Waals surface area contributed by atoms with Gasteiger partial charge < -0.3 is 0 Å². The molecule has 0 aliphatic carbocycles. The van der Waals surface area contributed by atoms with E-state index in [1.54, 1.807) is 11.8 Å². The van der Waals surface area contributed by atoms with Crippen LogP contribution in [0.4, 0.5) is 0 Å². The van der Waals surface area contributed by atoms with E-state index in [0.29, 0.717) is 11.5 Å². The molecule has 0 aromatic heterocycles. The van der Waals surface area contributed by atoms with Gasteiger partial charge in [-0.2, -0.15) is 0 Å². The summed E-state index contributed by atoms with van der Waals surface area (Å²) in [6, 6.07) is -0.231. The molecule has 0 radical (unpaired) electrons. The topological polar surface area (TPSA) is 43.1 Å². The van der Waals surface area contributed by atoms with E-state index in [-0.39, 0.29) is 11.0 Å². The van der Waals surface area contributed by atoms with Gasteiger partial charge in [0.15, 0.2) is 0 Å². The number of hydrogen-bond acceptors (Lipinski definition) is 3. The van der Waals surface area contributed by atoms with Crippen LogP contribution in [0, 0.1) is 10.1 Å². The second kappa shape index (κ2) is 1.69. The van der Waals surface area contributed by atoms with Crippen LogP contribution in [0.2, 0.25) is 0 Å². The minimum atomic E-state index is -0.231. The van der Waals surface area contributed by atoms with E-state index in [4.69, 9.17) is 0 Å². The first-order valence-corrected chi connectivity index (χ1v) is 3.17. The molecule has 1 rings (SSSR count). The van der Waals surface area contributed by atoms with Crippen molar-refractivity contribution in [2.75, 3.05) is 11.5 Å². The van der Waals surface area contributed by atoms with Gasteiger partial charge in [0.1, 0.15) is 0 Å². The van der Waals surface area contributed by atoms with E-state index in [2.05, 4.69) is 0 Å². The molecule has 0 saturated carbocycles. The summed E-state index contributed by atoms with van der Waals surface area (Å²) in [6.07, 6.45) is 0. The second-order valence-electron chi connectivity index (χ2n) is 1.48. The maximum Gasteiger partial charge on any atom is 0.230 e. The van der Waals surface area contributed by atoms with Gasteiger partial charge in [0.25, 0.3) is 0 Å². The van der Waals surface area contributed by atoms with Crippen molar-refractivity contribution in [1.29, 1.82) is 0 Å². The summed E-state index contributed by atoms with van der Waals surface area (Å²) in [5, 5.41) is 9.77. The summed E-state index contributed by atoms with van der Waals surface area (Å²) in [6.45, 7) is 0. The fraction of sp³-hybridized carbons (Fsp3) is 1.00. The lowest BCUT2D eigenvalue weighted by atomic mass is 10.4. The average molecular weight is 119 g/mol. The van der Waals surface area contributed by atoms with Crippen LogP contribution in [0.25, 0.3) is 0 Å². The highest BCUT2D eigenvalue weighted by Crippen LogP contribution is 2.19. The highest BCUT2D eigenvalue weighted by Gasteiger charge is 2.28. The van der Waals surface area contributed by atoms with Crippen LogP contribution < -0.4 is 0 Å². The molecule has 40 valence electrons. The molecule has 0 aromatic rings. The van der Waals surface area contributed by atoms with Gasteiger partial charge >= 0.3 is 0 Å². The Bertz CT molecular complexity index is 90.9. The van der Waals surface area contributed by atoms with Gasteiger partial charge in [0.05, 0.1) is 11.5 Å². The van der Waals surface area contributed by atoms with Gasteiger partial charge in [0, 0.05) is 4.92 Å². The summed E-state index contributed by atoms with van der Waals surface area (Å²) in [7, 11) is 0. The quantitative estimate of drug-likeness (QED) is 0.370. The standard InChI is InChI=1S/C3H5NO2S/c5-4(6)3-1-7-2-3/h3H,1-2H2. The van der Waals surface area contributed by atoms with Crippen molar-refractivity contribution in [3.63, 3.8) is 0 Å². The lowest BCUT2D eigenvalue weighted by molar-refractivity contribution is -0.513. The largest absolute Gasteiger partial charge is 0.264 e. The Hall–Kier alpha value is -0.250. The van der Waals surface area contributed by atoms with Crippen molar-refractivity contribution in [2.45, 2.75) is 6.04 Å². The number of rotatable bonds is 1. The third-order valence-electron chi connectivity index (χ3n) is 0.919. The Morgan fingerprint density at radius 2 is 2.29 bits per heavy atom. The number of nitrogens with zero attached hydrogens (tertiary/aromatic N) is 1. The normalized spacial score (nSPS) is 21.1. The number of hydrogen-bond donors (Lipinski definition) is 0. The van der Waals surface area contributed by atoms with Crippen molar-refractivity contribution >= 4 is 11.8 Å². The molecular weight excluding hydrogens is 114 g/mol. The number of thioether (sulfide) groups is 1. The first kappa shape index (κ1) is 4.90. The van der Waals surface area contributed by atoms with Crippen LogP contribution in [0.15, 0.2) is 0 Å². The molecule has 0 aromatic carbocycles. The zero-order valence-electron chi connectivity index (χ0n) is 3.66. The van der Waals surface area contributed by atoms with E-state index in [9.17, 15) is 10.1 Å². The number of nitro groups is 1. The smallest absolute Gasteiger partial charge is 0.230 e. The molecule has 1 heterocycles. The van der Waals surface area contributed by atoms with Crippen LogP contribution in [0.1, 0.15) is 0 Å². The Balaban J connectivity index is 2.27. The van der Waals surface area contributed by atoms with Crippen molar-refractivity contribution in [3.8, 4) is 0 Å². The van der Waals surface area contributed by atoms with Crippen molar-refractivity contribution in [2.24, 2.45) is 0 Å². The predicted molar refractivity (Wildman–Crippen MR) is 28.1 cm³/mol. The molecule has 0 N–H and O–H groups in total. The van der Waals surface area contributed by atoms with Crippen LogP contribution >= 0.6 is 11.8 Å². The summed E-state index contributed by atoms with van der Waals surface area (Å²) in [5.74, 6) is 1.43. The molecule has 1 saturated heterocycles. The SMILES string of the molecule is O=[N+]([O-])C1CSC1. The average Bonchev–Trinajstić information content (AvgIpc) is 1.23. The maximum absolute atomic E-state index is 9.77. The molecule has 1 aliphatic heterocycles. The van der Waals surface area contributed by atoms with Gasteiger partial charge in [-0.05, 0) is 0 Å². The van der Waals surface area contributed by atoms with Crippen LogP contribution in [0.5, 0.6) is 0 Å². The van der Waals surface area contributed by atoms with Crippen molar-refractivity contribution in [1.82, 2.24) is 0 Å². The molecule has 7 heavy (non-hydrogen) atoms. The summed E-state index contributed by atoms with van der Waals surface area (Å²) in [4.78, 5) is 9.56. The van der Waals surface area contributed by atoms with E-state index in [0.717, 1.165) is 0 Å². The second-order valence-corrected chi connectivity index (χ2v) is 2.55. The van der Waals surface area contributed by atoms with E-state index >= 15 is 0 Å². The van der Waals surface area contributed by atoms with Crippen LogP contribution in [0.3, 0.4) is 0 Å². The maximum atomic E-state index is 9.77. The lowest BCUT2D eigenvalue weighted by Gasteiger charge is -2.15. The fourth-order valence-corrected chi connectivity index (χ4v) is 1.03. The molecule has 3 nitrogen and oxygen atoms in total. The summed E-state index contributed by atoms with van der Waals surface area (Å²) < 4.78 is 0. The van der Waals surface area contributed by atoms with E-state index in [1.807, 2.05) is 0 Å². The summed E-state index contributed by atoms with van der Waals surface area (Å²) in [5.41, 5.74) is 0. The van der Waals surface area contributed by atoms with Crippen molar-refractivity contribution in [3.05, 3.63) is 10.1 Å². The first-order valence-electron chi connectivity index (χ1n) is 2.02. The molecule has 0 bridgehead atoms. The Kier molecular flexibility index (Phi) is 1.19. The van der Waals surface area contributed by atoms with Crippen molar-refractivity contribution < 1.29 is 4.92 Å². The zero-order chi connectivity index (χ0) is 5.28. The lowest BCUT2D eigenvalue weighted by Crippen LogP contribution is -2.32. The Morgan fingerprint density at radius 3 is 2.29 bits per heavy atom. The minimum absolute atomic E-state index is 0.212. The molecule has 0 spiro atoms. The molecule has 1 aliphatic rings. The van der Waals surface area contributed by atoms with Gasteiger partial charge in [-0.3, -0.25) is 10.1 Å². The highest BCUT2D eigenvalue weighted by molar-refractivity contribution is 8.00. The monoisotopic (exact) mass is 119 g/mol.